The Labute approximate surface area is 146 Å². The van der Waals surface area contributed by atoms with Crippen LogP contribution in [0.2, 0.25) is 0 Å². The molecule has 0 radical (unpaired) electrons. The molecule has 2 N–H and O–H groups in total. The van der Waals surface area contributed by atoms with Crippen molar-refractivity contribution in [2.24, 2.45) is 0 Å². The van der Waals surface area contributed by atoms with Crippen LogP contribution in [0.25, 0.3) is 6.08 Å². The zero-order chi connectivity index (χ0) is 19.0. The Hall–Kier alpha value is -3.36. The minimum absolute atomic E-state index is 0.0635. The molecular weight excluding hydrogens is 351 g/mol. The second-order valence-electron chi connectivity index (χ2n) is 4.99. The molecule has 0 aliphatic carbocycles. The third-order valence-corrected chi connectivity index (χ3v) is 2.95. The van der Waals surface area contributed by atoms with Crippen molar-refractivity contribution < 1.29 is 27.5 Å². The van der Waals surface area contributed by atoms with Gasteiger partial charge in [-0.05, 0) is 35.9 Å². The molecule has 0 fully saturated rings. The lowest BCUT2D eigenvalue weighted by molar-refractivity contribution is -0.153. The quantitative estimate of drug-likeness (QED) is 0.630. The van der Waals surface area contributed by atoms with Crippen LogP contribution in [0.15, 0.2) is 54.9 Å². The summed E-state index contributed by atoms with van der Waals surface area (Å²) >= 11 is 0. The van der Waals surface area contributed by atoms with E-state index >= 15 is 0 Å². The van der Waals surface area contributed by atoms with Gasteiger partial charge < -0.3 is 4.74 Å². The van der Waals surface area contributed by atoms with Crippen LogP contribution in [-0.4, -0.2) is 29.6 Å². The van der Waals surface area contributed by atoms with Crippen molar-refractivity contribution in [1.29, 1.82) is 0 Å². The van der Waals surface area contributed by atoms with Crippen LogP contribution >= 0.6 is 0 Å². The Balaban J connectivity index is 1.81. The van der Waals surface area contributed by atoms with Crippen molar-refractivity contribution in [1.82, 2.24) is 15.8 Å². The van der Waals surface area contributed by atoms with Crippen molar-refractivity contribution in [2.45, 2.75) is 6.18 Å². The average Bonchev–Trinajstić information content (AvgIpc) is 2.63. The maximum absolute atomic E-state index is 12.1. The molecule has 0 aliphatic rings. The van der Waals surface area contributed by atoms with E-state index in [0.29, 0.717) is 11.1 Å². The molecule has 2 aromatic rings. The number of hydrogen-bond donors (Lipinski definition) is 2. The van der Waals surface area contributed by atoms with Crippen molar-refractivity contribution >= 4 is 17.9 Å². The molecule has 2 amide bonds. The van der Waals surface area contributed by atoms with Gasteiger partial charge in [0.2, 0.25) is 0 Å². The van der Waals surface area contributed by atoms with Crippen LogP contribution in [0.1, 0.15) is 15.9 Å². The summed E-state index contributed by atoms with van der Waals surface area (Å²) in [5, 5.41) is 0. The third kappa shape index (κ3) is 6.63. The summed E-state index contributed by atoms with van der Waals surface area (Å²) in [5.74, 6) is -1.02. The number of ether oxygens (including phenoxy) is 1. The van der Waals surface area contributed by atoms with Crippen molar-refractivity contribution in [3.63, 3.8) is 0 Å². The number of nitrogens with zero attached hydrogens (tertiary/aromatic N) is 1. The molecule has 1 heterocycles. The number of nitrogens with one attached hydrogen (secondary N) is 2. The zero-order valence-electron chi connectivity index (χ0n) is 13.3. The highest BCUT2D eigenvalue weighted by Gasteiger charge is 2.28. The van der Waals surface area contributed by atoms with Gasteiger partial charge in [0.25, 0.3) is 11.8 Å². The van der Waals surface area contributed by atoms with Gasteiger partial charge >= 0.3 is 6.18 Å². The molecule has 2 rings (SSSR count). The summed E-state index contributed by atoms with van der Waals surface area (Å²) in [6.07, 6.45) is 1.08. The van der Waals surface area contributed by atoms with E-state index in [0.717, 1.165) is 0 Å². The van der Waals surface area contributed by atoms with E-state index in [2.05, 4.69) is 20.6 Å². The van der Waals surface area contributed by atoms with Gasteiger partial charge in [0.05, 0.1) is 0 Å². The minimum atomic E-state index is -4.41. The topological polar surface area (TPSA) is 80.3 Å². The van der Waals surface area contributed by atoms with E-state index in [1.807, 2.05) is 0 Å². The number of carbonyl (C=O) groups is 2. The standard InChI is InChI=1S/C17H14F3N3O3/c18-17(19,20)11-26-14-4-1-12(2-5-14)3-6-15(24)22-23-16(25)13-7-9-21-10-8-13/h1-10H,11H2,(H,22,24)(H,23,25)/b6-3+. The van der Waals surface area contributed by atoms with Gasteiger partial charge in [0.1, 0.15) is 5.75 Å². The fourth-order valence-corrected chi connectivity index (χ4v) is 1.75. The first-order valence-corrected chi connectivity index (χ1v) is 7.31. The van der Waals surface area contributed by atoms with E-state index in [9.17, 15) is 22.8 Å². The number of benzene rings is 1. The van der Waals surface area contributed by atoms with Gasteiger partial charge in [-0.2, -0.15) is 13.2 Å². The number of aromatic nitrogens is 1. The predicted octanol–water partition coefficient (Wildman–Crippen LogP) is 2.50. The van der Waals surface area contributed by atoms with Gasteiger partial charge in [0.15, 0.2) is 6.61 Å². The summed E-state index contributed by atoms with van der Waals surface area (Å²) in [6.45, 7) is -1.37. The summed E-state index contributed by atoms with van der Waals surface area (Å²) in [5.41, 5.74) is 5.34. The van der Waals surface area contributed by atoms with E-state index in [-0.39, 0.29) is 5.75 Å². The summed E-state index contributed by atoms with van der Waals surface area (Å²) in [7, 11) is 0. The first-order valence-electron chi connectivity index (χ1n) is 7.31. The first-order chi connectivity index (χ1) is 12.3. The number of carbonyl (C=O) groups excluding carboxylic acids is 2. The molecule has 26 heavy (non-hydrogen) atoms. The summed E-state index contributed by atoms with van der Waals surface area (Å²) in [4.78, 5) is 27.2. The Bertz CT molecular complexity index is 775. The lowest BCUT2D eigenvalue weighted by atomic mass is 10.2. The Kier molecular flexibility index (Phi) is 6.31. The molecule has 136 valence electrons. The van der Waals surface area contributed by atoms with Crippen LogP contribution in [0, 0.1) is 0 Å². The van der Waals surface area contributed by atoms with Crippen LogP contribution in [0.3, 0.4) is 0 Å². The molecular formula is C17H14F3N3O3. The van der Waals surface area contributed by atoms with E-state index < -0.39 is 24.6 Å². The molecule has 0 saturated carbocycles. The molecule has 0 aliphatic heterocycles. The van der Waals surface area contributed by atoms with Gasteiger partial charge in [-0.1, -0.05) is 12.1 Å². The van der Waals surface area contributed by atoms with Crippen LogP contribution in [0.4, 0.5) is 13.2 Å². The maximum Gasteiger partial charge on any atom is 0.422 e. The van der Waals surface area contributed by atoms with E-state index in [1.54, 1.807) is 0 Å². The number of hydrogen-bond acceptors (Lipinski definition) is 4. The van der Waals surface area contributed by atoms with Gasteiger partial charge in [-0.3, -0.25) is 25.4 Å². The molecule has 0 bridgehead atoms. The van der Waals surface area contributed by atoms with Crippen LogP contribution in [0.5, 0.6) is 5.75 Å². The average molecular weight is 365 g/mol. The Morgan fingerprint density at radius 3 is 2.31 bits per heavy atom. The molecule has 6 nitrogen and oxygen atoms in total. The SMILES string of the molecule is O=C(/C=C/c1ccc(OCC(F)(F)F)cc1)NNC(=O)c1ccncc1. The highest BCUT2D eigenvalue weighted by molar-refractivity contribution is 5.97. The molecule has 9 heteroatoms. The van der Waals surface area contributed by atoms with Gasteiger partial charge in [0, 0.05) is 24.0 Å². The van der Waals surface area contributed by atoms with E-state index in [1.165, 1.54) is 60.9 Å². The van der Waals surface area contributed by atoms with Gasteiger partial charge in [-0.25, -0.2) is 0 Å². The number of hydrazine groups is 1. The number of rotatable bonds is 5. The first kappa shape index (κ1) is 19.0. The highest BCUT2D eigenvalue weighted by Crippen LogP contribution is 2.19. The Morgan fingerprint density at radius 1 is 1.04 bits per heavy atom. The largest absolute Gasteiger partial charge is 0.484 e. The van der Waals surface area contributed by atoms with Crippen LogP contribution in [-0.2, 0) is 4.79 Å². The smallest absolute Gasteiger partial charge is 0.422 e. The monoisotopic (exact) mass is 365 g/mol. The molecule has 1 aromatic heterocycles. The lowest BCUT2D eigenvalue weighted by Crippen LogP contribution is -2.40. The molecule has 0 saturated heterocycles. The van der Waals surface area contributed by atoms with Crippen molar-refractivity contribution in [2.75, 3.05) is 6.61 Å². The summed E-state index contributed by atoms with van der Waals surface area (Å²) < 4.78 is 40.7. The predicted molar refractivity (Wildman–Crippen MR) is 86.9 cm³/mol. The highest BCUT2D eigenvalue weighted by atomic mass is 19.4. The second-order valence-corrected chi connectivity index (χ2v) is 4.99. The molecule has 0 atom stereocenters. The van der Waals surface area contributed by atoms with Crippen molar-refractivity contribution in [3.05, 3.63) is 66.0 Å². The number of alkyl halides is 3. The lowest BCUT2D eigenvalue weighted by Gasteiger charge is -2.08. The number of pyridine rings is 1. The number of amides is 2. The van der Waals surface area contributed by atoms with Crippen molar-refractivity contribution in [3.8, 4) is 5.75 Å². The fourth-order valence-electron chi connectivity index (χ4n) is 1.75. The third-order valence-electron chi connectivity index (χ3n) is 2.95. The summed E-state index contributed by atoms with van der Waals surface area (Å²) in [6, 6.07) is 8.67. The van der Waals surface area contributed by atoms with E-state index in [4.69, 9.17) is 0 Å². The zero-order valence-corrected chi connectivity index (χ0v) is 13.3. The minimum Gasteiger partial charge on any atom is -0.484 e. The fraction of sp³-hybridized carbons (Fsp3) is 0.118. The second kappa shape index (κ2) is 8.65. The molecule has 0 unspecified atom stereocenters. The number of halogens is 3. The normalized spacial score (nSPS) is 11.2. The Morgan fingerprint density at radius 2 is 1.69 bits per heavy atom. The molecule has 1 aromatic carbocycles. The van der Waals surface area contributed by atoms with Gasteiger partial charge in [-0.15, -0.1) is 0 Å². The van der Waals surface area contributed by atoms with Crippen LogP contribution < -0.4 is 15.6 Å². The molecule has 0 spiro atoms. The maximum atomic E-state index is 12.1.